The van der Waals surface area contributed by atoms with E-state index in [4.69, 9.17) is 0 Å². The van der Waals surface area contributed by atoms with Crippen molar-refractivity contribution in [1.82, 2.24) is 0 Å². The highest BCUT2D eigenvalue weighted by atomic mass is 79.9. The molecule has 0 amide bonds. The zero-order valence-corrected chi connectivity index (χ0v) is 10.9. The number of hydrogen-bond acceptors (Lipinski definition) is 1. The number of rotatable bonds is 1. The van der Waals surface area contributed by atoms with Crippen LogP contribution in [0.25, 0.3) is 0 Å². The Labute approximate surface area is 107 Å². The van der Waals surface area contributed by atoms with Gasteiger partial charge in [-0.25, -0.2) is 0 Å². The van der Waals surface area contributed by atoms with E-state index < -0.39 is 6.36 Å². The van der Waals surface area contributed by atoms with Crippen LogP contribution in [0.5, 0.6) is 5.75 Å². The number of alkyl halides is 4. The van der Waals surface area contributed by atoms with E-state index in [0.717, 1.165) is 0 Å². The van der Waals surface area contributed by atoms with Gasteiger partial charge in [-0.15, -0.1) is 13.2 Å². The monoisotopic (exact) mass is 356 g/mol. The second kappa shape index (κ2) is 5.60. The maximum absolute atomic E-state index is 11.9. The van der Waals surface area contributed by atoms with Crippen molar-refractivity contribution >= 4 is 31.9 Å². The van der Waals surface area contributed by atoms with E-state index in [1.54, 1.807) is 0 Å². The molecule has 0 radical (unpaired) electrons. The number of halogens is 5. The van der Waals surface area contributed by atoms with Crippen LogP contribution in [0.1, 0.15) is 5.56 Å². The molecule has 16 heavy (non-hydrogen) atoms. The minimum absolute atomic E-state index is 0.274. The van der Waals surface area contributed by atoms with Crippen molar-refractivity contribution < 1.29 is 17.9 Å². The van der Waals surface area contributed by atoms with Crippen LogP contribution >= 0.6 is 31.9 Å². The third-order valence-electron chi connectivity index (χ3n) is 1.46. The van der Waals surface area contributed by atoms with Crippen molar-refractivity contribution in [2.24, 2.45) is 0 Å². The van der Waals surface area contributed by atoms with Crippen molar-refractivity contribution in [3.8, 4) is 17.6 Å². The summed E-state index contributed by atoms with van der Waals surface area (Å²) >= 11 is 6.24. The van der Waals surface area contributed by atoms with E-state index in [-0.39, 0.29) is 5.75 Å². The smallest absolute Gasteiger partial charge is 0.406 e. The molecule has 0 aliphatic carbocycles. The highest BCUT2D eigenvalue weighted by molar-refractivity contribution is 9.10. The lowest BCUT2D eigenvalue weighted by atomic mass is 10.2. The fraction of sp³-hybridized carbons (Fsp3) is 0.200. The first-order chi connectivity index (χ1) is 7.42. The lowest BCUT2D eigenvalue weighted by Crippen LogP contribution is -2.17. The van der Waals surface area contributed by atoms with Crippen LogP contribution in [-0.2, 0) is 0 Å². The Kier molecular flexibility index (Phi) is 4.69. The highest BCUT2D eigenvalue weighted by Gasteiger charge is 2.31. The summed E-state index contributed by atoms with van der Waals surface area (Å²) in [4.78, 5) is 0. The fourth-order valence-corrected chi connectivity index (χ4v) is 1.52. The van der Waals surface area contributed by atoms with Gasteiger partial charge in [0.25, 0.3) is 0 Å². The minimum Gasteiger partial charge on any atom is -0.406 e. The van der Waals surface area contributed by atoms with Crippen molar-refractivity contribution in [2.75, 3.05) is 5.33 Å². The van der Waals surface area contributed by atoms with E-state index in [0.29, 0.717) is 15.4 Å². The molecule has 0 unspecified atom stereocenters. The summed E-state index contributed by atoms with van der Waals surface area (Å²) in [7, 11) is 0. The molecule has 86 valence electrons. The summed E-state index contributed by atoms with van der Waals surface area (Å²) in [5, 5.41) is 0.500. The van der Waals surface area contributed by atoms with Gasteiger partial charge in [0, 0.05) is 10.0 Å². The topological polar surface area (TPSA) is 9.23 Å². The van der Waals surface area contributed by atoms with Gasteiger partial charge < -0.3 is 4.74 Å². The molecule has 0 fully saturated rings. The first-order valence-corrected chi connectivity index (χ1v) is 5.94. The van der Waals surface area contributed by atoms with Crippen molar-refractivity contribution in [3.05, 3.63) is 28.2 Å². The van der Waals surface area contributed by atoms with E-state index in [1.165, 1.54) is 18.2 Å². The standard InChI is InChI=1S/C10H5Br2F3O/c11-5-1-2-7-3-4-8(6-9(7)12)16-10(13,14)15/h3-4,6H,5H2. The molecule has 0 aliphatic heterocycles. The van der Waals surface area contributed by atoms with E-state index in [9.17, 15) is 13.2 Å². The Bertz CT molecular complexity index is 432. The molecular formula is C10H5Br2F3O. The molecule has 0 bridgehead atoms. The average Bonchev–Trinajstić information content (AvgIpc) is 2.14. The normalized spacial score (nSPS) is 10.6. The van der Waals surface area contributed by atoms with Crippen molar-refractivity contribution in [1.29, 1.82) is 0 Å². The summed E-state index contributed by atoms with van der Waals surface area (Å²) < 4.78 is 39.9. The van der Waals surface area contributed by atoms with Crippen LogP contribution in [-0.4, -0.2) is 11.7 Å². The molecule has 1 rings (SSSR count). The summed E-state index contributed by atoms with van der Waals surface area (Å²) in [6, 6.07) is 3.91. The number of hydrogen-bond donors (Lipinski definition) is 0. The van der Waals surface area contributed by atoms with Crippen LogP contribution in [0.15, 0.2) is 22.7 Å². The molecule has 1 nitrogen and oxygen atoms in total. The second-order valence-corrected chi connectivity index (χ2v) is 4.04. The van der Waals surface area contributed by atoms with Gasteiger partial charge in [0.1, 0.15) is 5.75 Å². The van der Waals surface area contributed by atoms with E-state index in [1.807, 2.05) is 0 Å². The maximum atomic E-state index is 11.9. The SMILES string of the molecule is FC(F)(F)Oc1ccc(C#CCBr)c(Br)c1. The van der Waals surface area contributed by atoms with Gasteiger partial charge in [0.05, 0.1) is 5.33 Å². The fourth-order valence-electron chi connectivity index (χ4n) is 0.923. The average molecular weight is 358 g/mol. The molecule has 0 N–H and O–H groups in total. The molecular weight excluding hydrogens is 353 g/mol. The van der Waals surface area contributed by atoms with Crippen LogP contribution in [0.4, 0.5) is 13.2 Å². The lowest BCUT2D eigenvalue weighted by Gasteiger charge is -2.09. The summed E-state index contributed by atoms with van der Waals surface area (Å²) in [5.41, 5.74) is 0.606. The first-order valence-electron chi connectivity index (χ1n) is 4.02. The molecule has 1 aromatic carbocycles. The zero-order valence-electron chi connectivity index (χ0n) is 7.74. The van der Waals surface area contributed by atoms with Crippen LogP contribution in [0.2, 0.25) is 0 Å². The number of benzene rings is 1. The molecule has 0 saturated heterocycles. The third kappa shape index (κ3) is 4.45. The van der Waals surface area contributed by atoms with Crippen molar-refractivity contribution in [2.45, 2.75) is 6.36 Å². The molecule has 1 aromatic rings. The largest absolute Gasteiger partial charge is 0.573 e. The molecule has 0 aliphatic rings. The second-order valence-electron chi connectivity index (χ2n) is 2.62. The highest BCUT2D eigenvalue weighted by Crippen LogP contribution is 2.27. The Morgan fingerprint density at radius 2 is 2.00 bits per heavy atom. The van der Waals surface area contributed by atoms with Crippen LogP contribution in [0.3, 0.4) is 0 Å². The molecule has 0 atom stereocenters. The maximum Gasteiger partial charge on any atom is 0.573 e. The first kappa shape index (κ1) is 13.4. The molecule has 0 aromatic heterocycles. The van der Waals surface area contributed by atoms with E-state index >= 15 is 0 Å². The lowest BCUT2D eigenvalue weighted by molar-refractivity contribution is -0.274. The Morgan fingerprint density at radius 3 is 2.50 bits per heavy atom. The molecule has 0 heterocycles. The quantitative estimate of drug-likeness (QED) is 0.543. The molecule has 6 heteroatoms. The molecule has 0 spiro atoms. The predicted molar refractivity (Wildman–Crippen MR) is 61.5 cm³/mol. The Hall–Kier alpha value is -0.670. The zero-order chi connectivity index (χ0) is 12.2. The van der Waals surface area contributed by atoms with E-state index in [2.05, 4.69) is 48.4 Å². The third-order valence-corrected chi connectivity index (χ3v) is 2.40. The number of ether oxygens (including phenoxy) is 1. The Morgan fingerprint density at radius 1 is 1.31 bits per heavy atom. The summed E-state index contributed by atoms with van der Waals surface area (Å²) in [6.45, 7) is 0. The van der Waals surface area contributed by atoms with Gasteiger partial charge in [-0.1, -0.05) is 27.8 Å². The van der Waals surface area contributed by atoms with Crippen LogP contribution in [0, 0.1) is 11.8 Å². The van der Waals surface area contributed by atoms with Gasteiger partial charge in [0.2, 0.25) is 0 Å². The summed E-state index contributed by atoms with van der Waals surface area (Å²) in [5.74, 6) is 5.24. The predicted octanol–water partition coefficient (Wildman–Crippen LogP) is 4.09. The minimum atomic E-state index is -4.68. The summed E-state index contributed by atoms with van der Waals surface area (Å²) in [6.07, 6.45) is -4.68. The van der Waals surface area contributed by atoms with Gasteiger partial charge in [-0.2, -0.15) is 0 Å². The Balaban J connectivity index is 2.91. The van der Waals surface area contributed by atoms with Gasteiger partial charge in [-0.3, -0.25) is 0 Å². The van der Waals surface area contributed by atoms with Crippen LogP contribution < -0.4 is 4.74 Å². The van der Waals surface area contributed by atoms with Crippen molar-refractivity contribution in [3.63, 3.8) is 0 Å². The van der Waals surface area contributed by atoms with Gasteiger partial charge >= 0.3 is 6.36 Å². The van der Waals surface area contributed by atoms with Gasteiger partial charge in [0.15, 0.2) is 0 Å². The molecule has 0 saturated carbocycles. The van der Waals surface area contributed by atoms with Gasteiger partial charge in [-0.05, 0) is 34.1 Å².